The van der Waals surface area contributed by atoms with E-state index in [-0.39, 0.29) is 11.3 Å². The molecule has 1 aromatic rings. The highest BCUT2D eigenvalue weighted by atomic mass is 19.1. The molecule has 3 nitrogen and oxygen atoms in total. The van der Waals surface area contributed by atoms with E-state index in [9.17, 15) is 8.78 Å². The molecule has 0 radical (unpaired) electrons. The summed E-state index contributed by atoms with van der Waals surface area (Å²) in [5.41, 5.74) is 11.0. The average Bonchev–Trinajstić information content (AvgIpc) is 2.30. The van der Waals surface area contributed by atoms with Crippen LogP contribution in [0.5, 0.6) is 5.75 Å². The third kappa shape index (κ3) is 3.38. The number of hydrogen-bond acceptors (Lipinski definition) is 3. The smallest absolute Gasteiger partial charge is 0.172 e. The van der Waals surface area contributed by atoms with Crippen molar-refractivity contribution < 1.29 is 13.5 Å². The van der Waals surface area contributed by atoms with Gasteiger partial charge in [-0.1, -0.05) is 6.42 Å². The average molecular weight is 244 g/mol. The van der Waals surface area contributed by atoms with Crippen molar-refractivity contribution in [2.75, 3.05) is 13.7 Å². The van der Waals surface area contributed by atoms with E-state index in [4.69, 9.17) is 16.2 Å². The molecular weight excluding hydrogens is 226 g/mol. The summed E-state index contributed by atoms with van der Waals surface area (Å²) in [6.45, 7) is 0.551. The summed E-state index contributed by atoms with van der Waals surface area (Å²) >= 11 is 0. The van der Waals surface area contributed by atoms with Crippen molar-refractivity contribution in [1.82, 2.24) is 0 Å². The molecule has 0 aliphatic rings. The summed E-state index contributed by atoms with van der Waals surface area (Å²) in [7, 11) is 1.33. The Labute approximate surface area is 99.7 Å². The number of methoxy groups -OCH3 is 1. The zero-order valence-electron chi connectivity index (χ0n) is 9.88. The van der Waals surface area contributed by atoms with Crippen LogP contribution in [0.15, 0.2) is 12.1 Å². The Bertz CT molecular complexity index is 372. The summed E-state index contributed by atoms with van der Waals surface area (Å²) in [4.78, 5) is 0. The molecule has 1 atom stereocenters. The highest BCUT2D eigenvalue weighted by Crippen LogP contribution is 2.28. The number of ether oxygens (including phenoxy) is 1. The fourth-order valence-electron chi connectivity index (χ4n) is 1.70. The van der Waals surface area contributed by atoms with Gasteiger partial charge >= 0.3 is 0 Å². The van der Waals surface area contributed by atoms with Gasteiger partial charge in [-0.15, -0.1) is 0 Å². The van der Waals surface area contributed by atoms with E-state index in [2.05, 4.69) is 0 Å². The van der Waals surface area contributed by atoms with Gasteiger partial charge in [0.05, 0.1) is 7.11 Å². The first-order valence-corrected chi connectivity index (χ1v) is 5.59. The molecule has 0 fully saturated rings. The molecule has 1 aromatic carbocycles. The summed E-state index contributed by atoms with van der Waals surface area (Å²) in [5.74, 6) is -1.34. The van der Waals surface area contributed by atoms with Crippen LogP contribution < -0.4 is 16.2 Å². The zero-order valence-corrected chi connectivity index (χ0v) is 9.88. The van der Waals surface area contributed by atoms with Gasteiger partial charge in [0.2, 0.25) is 0 Å². The molecule has 0 bridgehead atoms. The van der Waals surface area contributed by atoms with Crippen LogP contribution in [-0.4, -0.2) is 13.7 Å². The molecule has 4 N–H and O–H groups in total. The summed E-state index contributed by atoms with van der Waals surface area (Å²) < 4.78 is 32.1. The van der Waals surface area contributed by atoms with Crippen molar-refractivity contribution in [3.05, 3.63) is 29.3 Å². The Hall–Kier alpha value is -1.20. The Morgan fingerprint density at radius 1 is 1.29 bits per heavy atom. The van der Waals surface area contributed by atoms with Gasteiger partial charge in [0.1, 0.15) is 5.82 Å². The molecule has 0 amide bonds. The van der Waals surface area contributed by atoms with E-state index in [0.717, 1.165) is 12.8 Å². The first-order chi connectivity index (χ1) is 8.11. The second-order valence-electron chi connectivity index (χ2n) is 3.87. The molecule has 1 rings (SSSR count). The molecular formula is C12H18F2N2O. The number of rotatable bonds is 6. The number of hydrogen-bond donors (Lipinski definition) is 2. The van der Waals surface area contributed by atoms with Crippen LogP contribution in [0.25, 0.3) is 0 Å². The highest BCUT2D eigenvalue weighted by molar-refractivity contribution is 5.34. The number of nitrogens with two attached hydrogens (primary N) is 2. The van der Waals surface area contributed by atoms with Crippen LogP contribution in [0.2, 0.25) is 0 Å². The van der Waals surface area contributed by atoms with Gasteiger partial charge in [-0.2, -0.15) is 0 Å². The van der Waals surface area contributed by atoms with Crippen LogP contribution in [0.1, 0.15) is 30.9 Å². The standard InChI is InChI=1S/C12H18F2N2O/c1-17-10-6-5-8(13)11(12(10)14)9(16)4-2-3-7-15/h5-6,9H,2-4,7,15-16H2,1H3/t9-/m0/s1. The molecule has 0 aliphatic carbocycles. The Balaban J connectivity index is 2.87. The van der Waals surface area contributed by atoms with Crippen molar-refractivity contribution in [3.8, 4) is 5.75 Å². The first-order valence-electron chi connectivity index (χ1n) is 5.59. The van der Waals surface area contributed by atoms with Gasteiger partial charge < -0.3 is 16.2 Å². The predicted molar refractivity (Wildman–Crippen MR) is 62.7 cm³/mol. The van der Waals surface area contributed by atoms with Crippen molar-refractivity contribution in [2.45, 2.75) is 25.3 Å². The molecule has 0 spiro atoms. The lowest BCUT2D eigenvalue weighted by Crippen LogP contribution is -2.15. The fourth-order valence-corrected chi connectivity index (χ4v) is 1.70. The lowest BCUT2D eigenvalue weighted by atomic mass is 10.0. The maximum Gasteiger partial charge on any atom is 0.172 e. The molecule has 0 aliphatic heterocycles. The monoisotopic (exact) mass is 244 g/mol. The molecule has 5 heteroatoms. The highest BCUT2D eigenvalue weighted by Gasteiger charge is 2.19. The number of halogens is 2. The van der Waals surface area contributed by atoms with Crippen LogP contribution in [-0.2, 0) is 0 Å². The fraction of sp³-hybridized carbons (Fsp3) is 0.500. The van der Waals surface area contributed by atoms with Crippen LogP contribution in [0.3, 0.4) is 0 Å². The molecule has 0 saturated carbocycles. The Morgan fingerprint density at radius 3 is 2.59 bits per heavy atom. The molecule has 96 valence electrons. The SMILES string of the molecule is COc1ccc(F)c([C@@H](N)CCCCN)c1F. The van der Waals surface area contributed by atoms with E-state index in [1.165, 1.54) is 19.2 Å². The molecule has 17 heavy (non-hydrogen) atoms. The van der Waals surface area contributed by atoms with E-state index in [1.54, 1.807) is 0 Å². The van der Waals surface area contributed by atoms with Gasteiger partial charge in [-0.3, -0.25) is 0 Å². The van der Waals surface area contributed by atoms with E-state index >= 15 is 0 Å². The van der Waals surface area contributed by atoms with Crippen molar-refractivity contribution in [2.24, 2.45) is 11.5 Å². The summed E-state index contributed by atoms with van der Waals surface area (Å²) in [5, 5.41) is 0. The van der Waals surface area contributed by atoms with Gasteiger partial charge in [0, 0.05) is 11.6 Å². The molecule has 0 heterocycles. The summed E-state index contributed by atoms with van der Waals surface area (Å²) in [6, 6.07) is 1.75. The van der Waals surface area contributed by atoms with Crippen LogP contribution in [0.4, 0.5) is 8.78 Å². The largest absolute Gasteiger partial charge is 0.494 e. The Kier molecular flexibility index (Phi) is 5.31. The van der Waals surface area contributed by atoms with E-state index in [0.29, 0.717) is 13.0 Å². The van der Waals surface area contributed by atoms with Crippen molar-refractivity contribution in [1.29, 1.82) is 0 Å². The van der Waals surface area contributed by atoms with Crippen LogP contribution in [0, 0.1) is 11.6 Å². The van der Waals surface area contributed by atoms with Crippen LogP contribution >= 0.6 is 0 Å². The van der Waals surface area contributed by atoms with Crippen molar-refractivity contribution >= 4 is 0 Å². The lowest BCUT2D eigenvalue weighted by molar-refractivity contribution is 0.376. The normalized spacial score (nSPS) is 12.5. The topological polar surface area (TPSA) is 61.3 Å². The quantitative estimate of drug-likeness (QED) is 0.753. The van der Waals surface area contributed by atoms with Gasteiger partial charge in [0.25, 0.3) is 0 Å². The molecule has 0 unspecified atom stereocenters. The van der Waals surface area contributed by atoms with E-state index in [1.807, 2.05) is 0 Å². The van der Waals surface area contributed by atoms with E-state index < -0.39 is 17.7 Å². The minimum absolute atomic E-state index is 0.00988. The third-order valence-corrected chi connectivity index (χ3v) is 2.65. The number of benzene rings is 1. The molecule has 0 aromatic heterocycles. The minimum atomic E-state index is -0.715. The second kappa shape index (κ2) is 6.51. The lowest BCUT2D eigenvalue weighted by Gasteiger charge is -2.15. The third-order valence-electron chi connectivity index (χ3n) is 2.65. The van der Waals surface area contributed by atoms with Gasteiger partial charge in [0.15, 0.2) is 11.6 Å². The minimum Gasteiger partial charge on any atom is -0.494 e. The van der Waals surface area contributed by atoms with Gasteiger partial charge in [-0.05, 0) is 31.5 Å². The van der Waals surface area contributed by atoms with Crippen molar-refractivity contribution in [3.63, 3.8) is 0 Å². The maximum atomic E-state index is 13.8. The van der Waals surface area contributed by atoms with Gasteiger partial charge in [-0.25, -0.2) is 8.78 Å². The maximum absolute atomic E-state index is 13.8. The molecule has 0 saturated heterocycles. The Morgan fingerprint density at radius 2 is 2.00 bits per heavy atom. The predicted octanol–water partition coefficient (Wildman–Crippen LogP) is 2.10. The number of unbranched alkanes of at least 4 members (excludes halogenated alkanes) is 1. The summed E-state index contributed by atoms with van der Waals surface area (Å²) in [6.07, 6.45) is 2.03. The zero-order chi connectivity index (χ0) is 12.8. The first kappa shape index (κ1) is 13.9. The second-order valence-corrected chi connectivity index (χ2v) is 3.87.